The summed E-state index contributed by atoms with van der Waals surface area (Å²) >= 11 is 0.810. The van der Waals surface area contributed by atoms with Crippen LogP contribution < -0.4 is 0 Å². The number of hydrogen-bond acceptors (Lipinski definition) is 7. The number of aromatic nitrogens is 3. The minimum atomic E-state index is -4.07. The van der Waals surface area contributed by atoms with Gasteiger partial charge in [-0.05, 0) is 29.7 Å². The van der Waals surface area contributed by atoms with Gasteiger partial charge in [0.25, 0.3) is 0 Å². The number of rotatable bonds is 6. The summed E-state index contributed by atoms with van der Waals surface area (Å²) < 4.78 is 40.7. The van der Waals surface area contributed by atoms with Crippen molar-refractivity contribution in [2.45, 2.75) is 36.4 Å². The molecular weight excluding hydrogens is 443 g/mol. The summed E-state index contributed by atoms with van der Waals surface area (Å²) in [6.45, 7) is 5.75. The van der Waals surface area contributed by atoms with Gasteiger partial charge in [-0.1, -0.05) is 20.8 Å². The van der Waals surface area contributed by atoms with E-state index in [0.717, 1.165) is 16.2 Å². The fourth-order valence-electron chi connectivity index (χ4n) is 2.87. The lowest BCUT2D eigenvalue weighted by Crippen LogP contribution is -2.36. The van der Waals surface area contributed by atoms with Crippen LogP contribution in [0.4, 0.5) is 9.18 Å². The van der Waals surface area contributed by atoms with Crippen LogP contribution in [0.25, 0.3) is 11.3 Å². The third-order valence-electron chi connectivity index (χ3n) is 4.11. The average molecular weight is 465 g/mol. The number of sulfone groups is 1. The molecule has 0 bridgehead atoms. The molecule has 11 heteroatoms. The Morgan fingerprint density at radius 1 is 1.23 bits per heavy atom. The van der Waals surface area contributed by atoms with Crippen molar-refractivity contribution in [2.24, 2.45) is 5.41 Å². The Bertz CT molecular complexity index is 1190. The topological polar surface area (TPSA) is 113 Å². The highest BCUT2D eigenvalue weighted by atomic mass is 32.2. The summed E-state index contributed by atoms with van der Waals surface area (Å²) in [7, 11) is -4.07. The molecule has 3 rings (SSSR count). The molecule has 0 saturated carbocycles. The van der Waals surface area contributed by atoms with Gasteiger partial charge < -0.3 is 10.0 Å². The molecule has 3 aromatic rings. The molecular formula is C20H21FN4O4S2. The zero-order chi connectivity index (χ0) is 22.8. The second-order valence-corrected chi connectivity index (χ2v) is 11.2. The normalized spacial score (nSPS) is 12.0. The molecule has 0 spiro atoms. The van der Waals surface area contributed by atoms with E-state index in [1.54, 1.807) is 0 Å². The number of carboxylic acid groups (broad SMARTS) is 1. The lowest BCUT2D eigenvalue weighted by atomic mass is 9.96. The fraction of sp³-hybridized carbons (Fsp3) is 0.300. The van der Waals surface area contributed by atoms with Crippen LogP contribution in [0.3, 0.4) is 0 Å². The molecule has 0 fully saturated rings. The molecule has 1 N–H and O–H groups in total. The van der Waals surface area contributed by atoms with Crippen molar-refractivity contribution in [1.29, 1.82) is 0 Å². The van der Waals surface area contributed by atoms with Crippen molar-refractivity contribution in [1.82, 2.24) is 19.9 Å². The number of thiazole rings is 1. The predicted molar refractivity (Wildman–Crippen MR) is 113 cm³/mol. The largest absolute Gasteiger partial charge is 0.465 e. The molecule has 0 unspecified atom stereocenters. The summed E-state index contributed by atoms with van der Waals surface area (Å²) in [5, 5.41) is 9.81. The van der Waals surface area contributed by atoms with Gasteiger partial charge >= 0.3 is 6.09 Å². The molecule has 0 aromatic carbocycles. The Hall–Kier alpha value is -2.92. The van der Waals surface area contributed by atoms with Gasteiger partial charge in [-0.25, -0.2) is 23.2 Å². The molecule has 0 radical (unpaired) electrons. The number of nitrogens with zero attached hydrogens (tertiary/aromatic N) is 4. The first-order valence-electron chi connectivity index (χ1n) is 9.22. The van der Waals surface area contributed by atoms with Crippen LogP contribution in [0.5, 0.6) is 0 Å². The molecule has 3 heterocycles. The van der Waals surface area contributed by atoms with Crippen molar-refractivity contribution >= 4 is 27.3 Å². The van der Waals surface area contributed by atoms with Gasteiger partial charge in [0, 0.05) is 25.1 Å². The Balaban J connectivity index is 2.13. The van der Waals surface area contributed by atoms with Gasteiger partial charge in [0.2, 0.25) is 15.8 Å². The second kappa shape index (κ2) is 8.67. The van der Waals surface area contributed by atoms with E-state index in [1.807, 2.05) is 20.8 Å². The zero-order valence-corrected chi connectivity index (χ0v) is 18.7. The molecule has 0 aliphatic heterocycles. The average Bonchev–Trinajstić information content (AvgIpc) is 3.12. The van der Waals surface area contributed by atoms with E-state index in [9.17, 15) is 22.7 Å². The number of halogens is 1. The number of amides is 1. The van der Waals surface area contributed by atoms with Crippen LogP contribution in [-0.2, 0) is 16.4 Å². The van der Waals surface area contributed by atoms with Crippen molar-refractivity contribution in [3.63, 3.8) is 0 Å². The highest BCUT2D eigenvalue weighted by Gasteiger charge is 2.30. The molecule has 0 aliphatic rings. The molecule has 3 aromatic heterocycles. The van der Waals surface area contributed by atoms with Gasteiger partial charge in [-0.2, -0.15) is 4.39 Å². The highest BCUT2D eigenvalue weighted by Crippen LogP contribution is 2.37. The first kappa shape index (κ1) is 22.8. The predicted octanol–water partition coefficient (Wildman–Crippen LogP) is 4.10. The standard InChI is InChI=1S/C20H21FN4O4S2/c1-20(2,3)12-25(19(26)27)11-15-24-16(14-7-5-9-23-17(14)21)18(30-15)31(28,29)13-6-4-8-22-10-13/h4-10H,11-12H2,1-3H3,(H,26,27). The van der Waals surface area contributed by atoms with Gasteiger partial charge in [0.05, 0.1) is 17.0 Å². The maximum atomic E-state index is 14.4. The Kier molecular flexibility index (Phi) is 6.37. The van der Waals surface area contributed by atoms with Gasteiger partial charge in [0.15, 0.2) is 4.21 Å². The summed E-state index contributed by atoms with van der Waals surface area (Å²) in [4.78, 5) is 24.6. The number of pyridine rings is 2. The summed E-state index contributed by atoms with van der Waals surface area (Å²) in [6.07, 6.45) is 2.73. The first-order valence-corrected chi connectivity index (χ1v) is 11.5. The molecule has 0 atom stereocenters. The highest BCUT2D eigenvalue weighted by molar-refractivity contribution is 7.93. The number of carbonyl (C=O) groups is 1. The molecule has 8 nitrogen and oxygen atoms in total. The van der Waals surface area contributed by atoms with Gasteiger partial charge in [-0.15, -0.1) is 11.3 Å². The van der Waals surface area contributed by atoms with E-state index >= 15 is 0 Å². The smallest absolute Gasteiger partial charge is 0.407 e. The SMILES string of the molecule is CC(C)(C)CN(Cc1nc(-c2cccnc2F)c(S(=O)(=O)c2cccnc2)s1)C(=O)O. The third kappa shape index (κ3) is 5.23. The fourth-order valence-corrected chi connectivity index (χ4v) is 5.79. The first-order chi connectivity index (χ1) is 14.5. The quantitative estimate of drug-likeness (QED) is 0.546. The van der Waals surface area contributed by atoms with E-state index in [1.165, 1.54) is 42.9 Å². The van der Waals surface area contributed by atoms with Crippen LogP contribution in [0.2, 0.25) is 0 Å². The minimum Gasteiger partial charge on any atom is -0.465 e. The lowest BCUT2D eigenvalue weighted by molar-refractivity contribution is 0.123. The Labute approximate surface area is 183 Å². The van der Waals surface area contributed by atoms with E-state index in [4.69, 9.17) is 0 Å². The molecule has 1 amide bonds. The Morgan fingerprint density at radius 3 is 2.52 bits per heavy atom. The Morgan fingerprint density at radius 2 is 1.94 bits per heavy atom. The second-order valence-electron chi connectivity index (χ2n) is 7.98. The molecule has 164 valence electrons. The van der Waals surface area contributed by atoms with E-state index in [0.29, 0.717) is 0 Å². The molecule has 0 aliphatic carbocycles. The van der Waals surface area contributed by atoms with E-state index in [-0.39, 0.29) is 43.9 Å². The lowest BCUT2D eigenvalue weighted by Gasteiger charge is -2.27. The van der Waals surface area contributed by atoms with Crippen LogP contribution in [-0.4, -0.2) is 46.0 Å². The van der Waals surface area contributed by atoms with E-state index in [2.05, 4.69) is 15.0 Å². The van der Waals surface area contributed by atoms with Crippen LogP contribution in [0, 0.1) is 11.4 Å². The van der Waals surface area contributed by atoms with Crippen molar-refractivity contribution in [3.8, 4) is 11.3 Å². The third-order valence-corrected chi connectivity index (χ3v) is 7.39. The van der Waals surface area contributed by atoms with Crippen LogP contribution in [0.15, 0.2) is 52.0 Å². The zero-order valence-electron chi connectivity index (χ0n) is 17.1. The monoisotopic (exact) mass is 464 g/mol. The van der Waals surface area contributed by atoms with Crippen LogP contribution in [0.1, 0.15) is 25.8 Å². The maximum absolute atomic E-state index is 14.4. The van der Waals surface area contributed by atoms with Gasteiger partial charge in [0.1, 0.15) is 10.7 Å². The van der Waals surface area contributed by atoms with Crippen LogP contribution >= 0.6 is 11.3 Å². The van der Waals surface area contributed by atoms with E-state index < -0.39 is 21.9 Å². The summed E-state index contributed by atoms with van der Waals surface area (Å²) in [6, 6.07) is 5.72. The summed E-state index contributed by atoms with van der Waals surface area (Å²) in [5.74, 6) is -0.869. The minimum absolute atomic E-state index is 0.0690. The summed E-state index contributed by atoms with van der Waals surface area (Å²) in [5.41, 5.74) is -0.501. The maximum Gasteiger partial charge on any atom is 0.407 e. The molecule has 0 saturated heterocycles. The van der Waals surface area contributed by atoms with Crippen molar-refractivity contribution in [2.75, 3.05) is 6.54 Å². The van der Waals surface area contributed by atoms with Crippen molar-refractivity contribution in [3.05, 3.63) is 53.8 Å². The van der Waals surface area contributed by atoms with Crippen molar-refractivity contribution < 1.29 is 22.7 Å². The number of hydrogen-bond donors (Lipinski definition) is 1. The molecule has 31 heavy (non-hydrogen) atoms. The van der Waals surface area contributed by atoms with Gasteiger partial charge in [-0.3, -0.25) is 4.98 Å².